The monoisotopic (exact) mass is 265 g/mol. The van der Waals surface area contributed by atoms with Gasteiger partial charge < -0.3 is 5.32 Å². The average molecular weight is 267 g/mol. The standard InChI is InChI=1S/C9H10BrClFN/c1-2-13-5-6-3-4-7(10)8(11)9(6)12/h3-4,13H,2,5H2,1H3. The average Bonchev–Trinajstić information content (AvgIpc) is 2.13. The van der Waals surface area contributed by atoms with E-state index in [-0.39, 0.29) is 10.8 Å². The summed E-state index contributed by atoms with van der Waals surface area (Å²) in [6.45, 7) is 3.29. The van der Waals surface area contributed by atoms with E-state index in [2.05, 4.69) is 21.2 Å². The van der Waals surface area contributed by atoms with Crippen LogP contribution >= 0.6 is 27.5 Å². The molecule has 0 heterocycles. The Morgan fingerprint density at radius 3 is 2.85 bits per heavy atom. The van der Waals surface area contributed by atoms with E-state index in [9.17, 15) is 4.39 Å². The molecule has 0 bridgehead atoms. The summed E-state index contributed by atoms with van der Waals surface area (Å²) in [4.78, 5) is 0. The second kappa shape index (κ2) is 4.94. The summed E-state index contributed by atoms with van der Waals surface area (Å²) >= 11 is 8.87. The van der Waals surface area contributed by atoms with Crippen LogP contribution in [0.5, 0.6) is 0 Å². The molecule has 72 valence electrons. The summed E-state index contributed by atoms with van der Waals surface area (Å²) in [5, 5.41) is 3.19. The third-order valence-electron chi connectivity index (χ3n) is 1.68. The lowest BCUT2D eigenvalue weighted by molar-refractivity contribution is 0.593. The molecule has 1 aromatic carbocycles. The van der Waals surface area contributed by atoms with Gasteiger partial charge in [0.15, 0.2) is 0 Å². The fourth-order valence-corrected chi connectivity index (χ4v) is 1.45. The molecule has 0 spiro atoms. The van der Waals surface area contributed by atoms with Crippen LogP contribution in [-0.2, 0) is 6.54 Å². The summed E-state index contributed by atoms with van der Waals surface area (Å²) in [5.74, 6) is -0.350. The van der Waals surface area contributed by atoms with Gasteiger partial charge in [0.25, 0.3) is 0 Å². The Morgan fingerprint density at radius 1 is 1.54 bits per heavy atom. The lowest BCUT2D eigenvalue weighted by atomic mass is 10.2. The fraction of sp³-hybridized carbons (Fsp3) is 0.333. The molecule has 0 amide bonds. The molecule has 0 aliphatic heterocycles. The van der Waals surface area contributed by atoms with Gasteiger partial charge in [-0.05, 0) is 28.5 Å². The Morgan fingerprint density at radius 2 is 2.23 bits per heavy atom. The molecule has 0 saturated carbocycles. The van der Waals surface area contributed by atoms with E-state index in [0.717, 1.165) is 6.54 Å². The minimum Gasteiger partial charge on any atom is -0.313 e. The predicted molar refractivity (Wildman–Crippen MR) is 56.5 cm³/mol. The molecule has 0 unspecified atom stereocenters. The Kier molecular flexibility index (Phi) is 4.16. The zero-order valence-corrected chi connectivity index (χ0v) is 9.54. The summed E-state index contributed by atoms with van der Waals surface area (Å²) < 4.78 is 14.0. The van der Waals surface area contributed by atoms with Crippen LogP contribution in [-0.4, -0.2) is 6.54 Å². The number of nitrogens with one attached hydrogen (secondary N) is 1. The van der Waals surface area contributed by atoms with Gasteiger partial charge in [0.2, 0.25) is 0 Å². The lowest BCUT2D eigenvalue weighted by Gasteiger charge is -2.05. The molecule has 0 saturated heterocycles. The van der Waals surface area contributed by atoms with E-state index in [1.54, 1.807) is 12.1 Å². The van der Waals surface area contributed by atoms with E-state index >= 15 is 0 Å². The van der Waals surface area contributed by atoms with Gasteiger partial charge in [-0.3, -0.25) is 0 Å². The molecule has 1 aromatic rings. The summed E-state index contributed by atoms with van der Waals surface area (Å²) in [7, 11) is 0. The molecule has 1 rings (SSSR count). The second-order valence-electron chi connectivity index (χ2n) is 2.61. The van der Waals surface area contributed by atoms with E-state index in [0.29, 0.717) is 16.6 Å². The normalized spacial score (nSPS) is 10.5. The van der Waals surface area contributed by atoms with E-state index in [4.69, 9.17) is 11.6 Å². The van der Waals surface area contributed by atoms with Crippen LogP contribution in [0, 0.1) is 5.82 Å². The SMILES string of the molecule is CCNCc1ccc(Br)c(Cl)c1F. The van der Waals surface area contributed by atoms with Gasteiger partial charge in [-0.15, -0.1) is 0 Å². The van der Waals surface area contributed by atoms with Gasteiger partial charge >= 0.3 is 0 Å². The molecule has 1 N–H and O–H groups in total. The molecule has 4 heteroatoms. The molecular weight excluding hydrogens is 256 g/mol. The van der Waals surface area contributed by atoms with Crippen LogP contribution in [0.15, 0.2) is 16.6 Å². The number of halogens is 3. The maximum Gasteiger partial charge on any atom is 0.147 e. The molecule has 0 aliphatic rings. The highest BCUT2D eigenvalue weighted by Crippen LogP contribution is 2.27. The first kappa shape index (κ1) is 11.0. The highest BCUT2D eigenvalue weighted by molar-refractivity contribution is 9.10. The molecule has 0 aliphatic carbocycles. The highest BCUT2D eigenvalue weighted by Gasteiger charge is 2.08. The number of rotatable bonds is 3. The van der Waals surface area contributed by atoms with E-state index in [1.807, 2.05) is 6.92 Å². The third-order valence-corrected chi connectivity index (χ3v) is 2.94. The second-order valence-corrected chi connectivity index (χ2v) is 3.85. The van der Waals surface area contributed by atoms with Crippen molar-refractivity contribution < 1.29 is 4.39 Å². The fourth-order valence-electron chi connectivity index (χ4n) is 0.962. The van der Waals surface area contributed by atoms with Crippen LogP contribution in [0.4, 0.5) is 4.39 Å². The number of benzene rings is 1. The van der Waals surface area contributed by atoms with Crippen molar-refractivity contribution >= 4 is 27.5 Å². The minimum absolute atomic E-state index is 0.149. The van der Waals surface area contributed by atoms with Gasteiger partial charge in [-0.1, -0.05) is 24.6 Å². The van der Waals surface area contributed by atoms with Crippen molar-refractivity contribution in [2.75, 3.05) is 6.54 Å². The van der Waals surface area contributed by atoms with E-state index in [1.165, 1.54) is 0 Å². The van der Waals surface area contributed by atoms with Crippen molar-refractivity contribution in [1.82, 2.24) is 5.32 Å². The van der Waals surface area contributed by atoms with Gasteiger partial charge in [0.1, 0.15) is 5.82 Å². The highest BCUT2D eigenvalue weighted by atomic mass is 79.9. The minimum atomic E-state index is -0.350. The van der Waals surface area contributed by atoms with Crippen LogP contribution in [0.1, 0.15) is 12.5 Å². The first-order chi connectivity index (χ1) is 6.16. The zero-order chi connectivity index (χ0) is 9.84. The maximum absolute atomic E-state index is 13.4. The van der Waals surface area contributed by atoms with Crippen LogP contribution < -0.4 is 5.32 Å². The zero-order valence-electron chi connectivity index (χ0n) is 7.20. The smallest absolute Gasteiger partial charge is 0.147 e. The van der Waals surface area contributed by atoms with Crippen molar-refractivity contribution in [2.24, 2.45) is 0 Å². The Labute approximate surface area is 90.4 Å². The number of hydrogen-bond donors (Lipinski definition) is 1. The van der Waals surface area contributed by atoms with Crippen LogP contribution in [0.3, 0.4) is 0 Å². The Hall–Kier alpha value is -0.120. The van der Waals surface area contributed by atoms with Crippen LogP contribution in [0.2, 0.25) is 5.02 Å². The predicted octanol–water partition coefficient (Wildman–Crippen LogP) is 3.35. The van der Waals surface area contributed by atoms with Gasteiger partial charge in [0.05, 0.1) is 5.02 Å². The van der Waals surface area contributed by atoms with Crippen molar-refractivity contribution in [3.8, 4) is 0 Å². The van der Waals surface area contributed by atoms with Crippen molar-refractivity contribution in [1.29, 1.82) is 0 Å². The van der Waals surface area contributed by atoms with Crippen molar-refractivity contribution in [3.05, 3.63) is 33.0 Å². The Bertz CT molecular complexity index is 304. The molecular formula is C9H10BrClFN. The van der Waals surface area contributed by atoms with Gasteiger partial charge in [-0.2, -0.15) is 0 Å². The molecule has 1 nitrogen and oxygen atoms in total. The van der Waals surface area contributed by atoms with E-state index < -0.39 is 0 Å². The molecule has 0 atom stereocenters. The Balaban J connectivity index is 2.90. The molecule has 13 heavy (non-hydrogen) atoms. The van der Waals surface area contributed by atoms with Crippen LogP contribution in [0.25, 0.3) is 0 Å². The third kappa shape index (κ3) is 2.66. The summed E-state index contributed by atoms with van der Waals surface area (Å²) in [6, 6.07) is 3.46. The number of hydrogen-bond acceptors (Lipinski definition) is 1. The van der Waals surface area contributed by atoms with Crippen molar-refractivity contribution in [2.45, 2.75) is 13.5 Å². The first-order valence-electron chi connectivity index (χ1n) is 4.00. The maximum atomic E-state index is 13.4. The lowest BCUT2D eigenvalue weighted by Crippen LogP contribution is -2.13. The molecule has 0 fully saturated rings. The first-order valence-corrected chi connectivity index (χ1v) is 5.17. The quantitative estimate of drug-likeness (QED) is 0.827. The van der Waals surface area contributed by atoms with Crippen molar-refractivity contribution in [3.63, 3.8) is 0 Å². The summed E-state index contributed by atoms with van der Waals surface area (Å²) in [6.07, 6.45) is 0. The molecule has 0 radical (unpaired) electrons. The topological polar surface area (TPSA) is 12.0 Å². The molecule has 0 aromatic heterocycles. The van der Waals surface area contributed by atoms with Gasteiger partial charge in [0, 0.05) is 16.6 Å². The largest absolute Gasteiger partial charge is 0.313 e. The van der Waals surface area contributed by atoms with Gasteiger partial charge in [-0.25, -0.2) is 4.39 Å². The summed E-state index contributed by atoms with van der Waals surface area (Å²) in [5.41, 5.74) is 0.593.